The molecule has 2 N–H and O–H groups in total. The summed E-state index contributed by atoms with van der Waals surface area (Å²) in [6.45, 7) is 7.54. The fourth-order valence-corrected chi connectivity index (χ4v) is 6.78. The highest BCUT2D eigenvalue weighted by Crippen LogP contribution is 2.59. The fourth-order valence-electron chi connectivity index (χ4n) is 6.78. The minimum absolute atomic E-state index is 0.205. The van der Waals surface area contributed by atoms with Gasteiger partial charge in [-0.25, -0.2) is 0 Å². The number of carbonyl (C=O) groups excluding carboxylic acids is 2. The van der Waals surface area contributed by atoms with Crippen molar-refractivity contribution in [2.24, 2.45) is 11.8 Å². The molecule has 0 aliphatic carbocycles. The average Bonchev–Trinajstić information content (AvgIpc) is 3.55. The maximum absolute atomic E-state index is 14.6. The first kappa shape index (κ1) is 26.1. The molecular weight excluding hydrogens is 484 g/mol. The number of amides is 2. The average molecular weight is 519 g/mol. The number of anilines is 1. The summed E-state index contributed by atoms with van der Waals surface area (Å²) in [6.07, 6.45) is 2.21. The van der Waals surface area contributed by atoms with E-state index in [2.05, 4.69) is 6.58 Å². The van der Waals surface area contributed by atoms with E-state index in [9.17, 15) is 24.6 Å². The molecule has 0 aromatic heterocycles. The molecule has 2 bridgehead atoms. The third-order valence-corrected chi connectivity index (χ3v) is 8.41. The molecule has 3 heterocycles. The number of carboxylic acids is 1. The second-order valence-electron chi connectivity index (χ2n) is 10.7. The molecule has 0 radical (unpaired) electrons. The van der Waals surface area contributed by atoms with Gasteiger partial charge in [-0.05, 0) is 55.9 Å². The van der Waals surface area contributed by atoms with E-state index in [0.29, 0.717) is 24.9 Å². The number of benzene rings is 2. The minimum Gasteiger partial charge on any atom is -0.481 e. The van der Waals surface area contributed by atoms with Crippen LogP contribution in [0.2, 0.25) is 0 Å². The summed E-state index contributed by atoms with van der Waals surface area (Å²) in [6, 6.07) is 13.5. The zero-order chi connectivity index (χ0) is 27.2. The standard InChI is InChI=1S/C30H34N2O6/c1-4-14-31(22-15-18(2)10-11-19(22)3)28(35)26-30-13-12-23(38-30)24(29(36)37)25(30)27(34)32(26)21(17-33)16-20-8-6-5-7-9-20/h4-11,15,21,23-26,33H,1,12-14,16-17H2,2-3H3,(H,36,37)/t21-,23+,24-,25+,26?,30?/m1/s1. The number of aliphatic hydroxyl groups excluding tert-OH is 1. The largest absolute Gasteiger partial charge is 0.481 e. The molecule has 3 fully saturated rings. The Balaban J connectivity index is 1.63. The Labute approximate surface area is 222 Å². The van der Waals surface area contributed by atoms with E-state index in [1.165, 1.54) is 4.90 Å². The smallest absolute Gasteiger partial charge is 0.310 e. The maximum atomic E-state index is 14.6. The molecule has 0 saturated carbocycles. The number of ether oxygens (including phenoxy) is 1. The fraction of sp³-hybridized carbons (Fsp3) is 0.433. The van der Waals surface area contributed by atoms with E-state index in [4.69, 9.17) is 4.74 Å². The number of nitrogens with zero attached hydrogens (tertiary/aromatic N) is 2. The van der Waals surface area contributed by atoms with Gasteiger partial charge < -0.3 is 24.7 Å². The number of hydrogen-bond donors (Lipinski definition) is 2. The number of aliphatic hydroxyl groups is 1. The lowest BCUT2D eigenvalue weighted by Crippen LogP contribution is -2.59. The van der Waals surface area contributed by atoms with Crippen molar-refractivity contribution in [3.05, 3.63) is 77.9 Å². The number of rotatable bonds is 9. The van der Waals surface area contributed by atoms with Gasteiger partial charge in [-0.1, -0.05) is 48.5 Å². The third kappa shape index (κ3) is 4.03. The highest BCUT2D eigenvalue weighted by atomic mass is 16.5. The van der Waals surface area contributed by atoms with Crippen molar-refractivity contribution >= 4 is 23.5 Å². The molecule has 38 heavy (non-hydrogen) atoms. The molecule has 6 atom stereocenters. The Morgan fingerprint density at radius 1 is 1.24 bits per heavy atom. The second kappa shape index (κ2) is 10.0. The van der Waals surface area contributed by atoms with Gasteiger partial charge in [0.05, 0.1) is 30.6 Å². The normalized spacial score (nSPS) is 28.3. The predicted molar refractivity (Wildman–Crippen MR) is 142 cm³/mol. The van der Waals surface area contributed by atoms with Crippen LogP contribution in [0, 0.1) is 25.7 Å². The van der Waals surface area contributed by atoms with Gasteiger partial charge in [0.25, 0.3) is 5.91 Å². The van der Waals surface area contributed by atoms with Crippen molar-refractivity contribution in [1.82, 2.24) is 4.90 Å². The maximum Gasteiger partial charge on any atom is 0.310 e. The van der Waals surface area contributed by atoms with Crippen LogP contribution in [0.25, 0.3) is 0 Å². The van der Waals surface area contributed by atoms with Crippen LogP contribution >= 0.6 is 0 Å². The minimum atomic E-state index is -1.26. The summed E-state index contributed by atoms with van der Waals surface area (Å²) < 4.78 is 6.36. The summed E-state index contributed by atoms with van der Waals surface area (Å²) in [4.78, 5) is 44.1. The quantitative estimate of drug-likeness (QED) is 0.495. The van der Waals surface area contributed by atoms with Gasteiger partial charge in [-0.3, -0.25) is 14.4 Å². The van der Waals surface area contributed by atoms with Gasteiger partial charge in [0.15, 0.2) is 0 Å². The molecule has 3 saturated heterocycles. The molecular formula is C30H34N2O6. The van der Waals surface area contributed by atoms with Gasteiger partial charge in [0.1, 0.15) is 11.6 Å². The molecule has 8 nitrogen and oxygen atoms in total. The van der Waals surface area contributed by atoms with Crippen LogP contribution in [0.1, 0.15) is 29.5 Å². The number of aliphatic carboxylic acids is 1. The lowest BCUT2D eigenvalue weighted by atomic mass is 9.70. The summed E-state index contributed by atoms with van der Waals surface area (Å²) in [7, 11) is 0. The first-order valence-corrected chi connectivity index (χ1v) is 13.1. The Morgan fingerprint density at radius 2 is 1.97 bits per heavy atom. The molecule has 1 spiro atoms. The number of carbonyl (C=O) groups is 3. The Kier molecular flexibility index (Phi) is 6.88. The van der Waals surface area contributed by atoms with Crippen LogP contribution in [0.3, 0.4) is 0 Å². The van der Waals surface area contributed by atoms with E-state index in [-0.39, 0.29) is 19.1 Å². The van der Waals surface area contributed by atoms with Crippen molar-refractivity contribution in [2.75, 3.05) is 18.1 Å². The van der Waals surface area contributed by atoms with Crippen LogP contribution in [0.15, 0.2) is 61.2 Å². The number of hydrogen-bond acceptors (Lipinski definition) is 5. The van der Waals surface area contributed by atoms with Crippen LogP contribution < -0.4 is 4.90 Å². The summed E-state index contributed by atoms with van der Waals surface area (Å²) in [5.41, 5.74) is 2.21. The Bertz CT molecular complexity index is 1260. The summed E-state index contributed by atoms with van der Waals surface area (Å²) in [5, 5.41) is 20.6. The lowest BCUT2D eigenvalue weighted by molar-refractivity contribution is -0.151. The highest BCUT2D eigenvalue weighted by molar-refractivity contribution is 6.05. The van der Waals surface area contributed by atoms with Gasteiger partial charge in [-0.2, -0.15) is 0 Å². The van der Waals surface area contributed by atoms with Crippen LogP contribution in [-0.2, 0) is 25.5 Å². The van der Waals surface area contributed by atoms with E-state index in [1.807, 2.05) is 62.4 Å². The monoisotopic (exact) mass is 518 g/mol. The Hall–Kier alpha value is -3.49. The van der Waals surface area contributed by atoms with Gasteiger partial charge in [0.2, 0.25) is 5.91 Å². The molecule has 200 valence electrons. The molecule has 2 aromatic carbocycles. The van der Waals surface area contributed by atoms with Crippen LogP contribution in [-0.4, -0.2) is 69.8 Å². The Morgan fingerprint density at radius 3 is 2.63 bits per heavy atom. The number of aryl methyl sites for hydroxylation is 2. The molecule has 8 heteroatoms. The molecule has 2 amide bonds. The third-order valence-electron chi connectivity index (χ3n) is 8.41. The summed E-state index contributed by atoms with van der Waals surface area (Å²) >= 11 is 0. The molecule has 5 rings (SSSR count). The highest BCUT2D eigenvalue weighted by Gasteiger charge is 2.75. The van der Waals surface area contributed by atoms with Gasteiger partial charge in [0, 0.05) is 12.2 Å². The molecule has 2 aromatic rings. The molecule has 3 aliphatic rings. The predicted octanol–water partition coefficient (Wildman–Crippen LogP) is 2.89. The van der Waals surface area contributed by atoms with Crippen molar-refractivity contribution < 1.29 is 29.3 Å². The van der Waals surface area contributed by atoms with E-state index in [1.54, 1.807) is 11.0 Å². The topological polar surface area (TPSA) is 107 Å². The molecule has 3 aliphatic heterocycles. The van der Waals surface area contributed by atoms with E-state index < -0.39 is 47.5 Å². The number of carboxylic acid groups (broad SMARTS) is 1. The number of fused-ring (bicyclic) bond motifs is 1. The van der Waals surface area contributed by atoms with Crippen molar-refractivity contribution in [3.63, 3.8) is 0 Å². The first-order chi connectivity index (χ1) is 18.2. The lowest BCUT2D eigenvalue weighted by Gasteiger charge is -2.39. The van der Waals surface area contributed by atoms with E-state index in [0.717, 1.165) is 16.7 Å². The van der Waals surface area contributed by atoms with Gasteiger partial charge in [-0.15, -0.1) is 6.58 Å². The van der Waals surface area contributed by atoms with Gasteiger partial charge >= 0.3 is 5.97 Å². The summed E-state index contributed by atoms with van der Waals surface area (Å²) in [5.74, 6) is -3.90. The SMILES string of the molecule is C=CCN(C(=O)C1N([C@@H](CO)Cc2ccccc2)C(=O)[C@@H]2[C@H](C(=O)O)[C@@H]3CCC12O3)c1cc(C)ccc1C. The van der Waals surface area contributed by atoms with Crippen molar-refractivity contribution in [3.8, 4) is 0 Å². The van der Waals surface area contributed by atoms with Crippen LogP contribution in [0.5, 0.6) is 0 Å². The zero-order valence-electron chi connectivity index (χ0n) is 21.7. The zero-order valence-corrected chi connectivity index (χ0v) is 21.7. The van der Waals surface area contributed by atoms with E-state index >= 15 is 0 Å². The van der Waals surface area contributed by atoms with Crippen molar-refractivity contribution in [1.29, 1.82) is 0 Å². The van der Waals surface area contributed by atoms with Crippen molar-refractivity contribution in [2.45, 2.75) is 56.9 Å². The van der Waals surface area contributed by atoms with Crippen LogP contribution in [0.4, 0.5) is 5.69 Å². The second-order valence-corrected chi connectivity index (χ2v) is 10.7. The number of likely N-dealkylation sites (tertiary alicyclic amines) is 1. The molecule has 2 unspecified atom stereocenters. The first-order valence-electron chi connectivity index (χ1n) is 13.1.